The van der Waals surface area contributed by atoms with Gasteiger partial charge in [-0.3, -0.25) is 0 Å². The zero-order valence-corrected chi connectivity index (χ0v) is 6.38. The van der Waals surface area contributed by atoms with E-state index < -0.39 is 0 Å². The average molecular weight is 139 g/mol. The van der Waals surface area contributed by atoms with E-state index in [1.807, 2.05) is 0 Å². The summed E-state index contributed by atoms with van der Waals surface area (Å²) in [6.45, 7) is 0. The van der Waals surface area contributed by atoms with Gasteiger partial charge in [-0.2, -0.15) is 0 Å². The van der Waals surface area contributed by atoms with Gasteiger partial charge in [-0.15, -0.1) is 0 Å². The fourth-order valence-electron chi connectivity index (χ4n) is 1.67. The lowest BCUT2D eigenvalue weighted by atomic mass is 9.86. The maximum atomic E-state index is 9.99. The van der Waals surface area contributed by atoms with Gasteiger partial charge in [0.1, 0.15) is 6.29 Å². The lowest BCUT2D eigenvalue weighted by molar-refractivity contribution is -0.105. The van der Waals surface area contributed by atoms with Crippen LogP contribution in [0.25, 0.3) is 0 Å². The van der Waals surface area contributed by atoms with Crippen LogP contribution in [0.1, 0.15) is 38.5 Å². The van der Waals surface area contributed by atoms with E-state index in [-0.39, 0.29) is 0 Å². The molecule has 1 saturated carbocycles. The first-order chi connectivity index (χ1) is 4.93. The van der Waals surface area contributed by atoms with Crippen LogP contribution in [0.2, 0.25) is 0 Å². The van der Waals surface area contributed by atoms with Crippen molar-refractivity contribution < 1.29 is 4.79 Å². The highest BCUT2D eigenvalue weighted by Gasteiger charge is 2.11. The van der Waals surface area contributed by atoms with Gasteiger partial charge in [-0.05, 0) is 12.3 Å². The molecule has 0 aromatic heterocycles. The molecule has 0 aromatic carbocycles. The molecule has 1 rings (SSSR count). The Morgan fingerprint density at radius 3 is 2.50 bits per heavy atom. The fourth-order valence-corrected chi connectivity index (χ4v) is 1.67. The summed E-state index contributed by atoms with van der Waals surface area (Å²) in [7, 11) is 0. The highest BCUT2D eigenvalue weighted by molar-refractivity contribution is 5.60. The van der Waals surface area contributed by atoms with Crippen molar-refractivity contribution in [1.82, 2.24) is 0 Å². The summed E-state index contributed by atoms with van der Waals surface area (Å²) in [5.41, 5.74) is 0. The lowest BCUT2D eigenvalue weighted by Gasteiger charge is -2.19. The van der Waals surface area contributed by atoms with Crippen LogP contribution in [0.4, 0.5) is 0 Å². The van der Waals surface area contributed by atoms with E-state index in [2.05, 4.69) is 0 Å². The van der Waals surface area contributed by atoms with Gasteiger partial charge in [0.2, 0.25) is 0 Å². The molecule has 0 unspecified atom stereocenters. The van der Waals surface area contributed by atoms with Gasteiger partial charge in [0.15, 0.2) is 0 Å². The third kappa shape index (κ3) is 2.51. The molecule has 0 spiro atoms. The normalized spacial score (nSPS) is 20.8. The molecule has 1 aliphatic carbocycles. The van der Waals surface area contributed by atoms with E-state index in [1.54, 1.807) is 6.42 Å². The first-order valence-electron chi connectivity index (χ1n) is 4.20. The second kappa shape index (κ2) is 4.48. The zero-order chi connectivity index (χ0) is 7.23. The van der Waals surface area contributed by atoms with Crippen LogP contribution in [0.5, 0.6) is 0 Å². The number of rotatable bonds is 3. The molecule has 57 valence electrons. The third-order valence-electron chi connectivity index (χ3n) is 2.29. The van der Waals surface area contributed by atoms with E-state index in [9.17, 15) is 4.79 Å². The van der Waals surface area contributed by atoms with Crippen molar-refractivity contribution in [2.75, 3.05) is 0 Å². The van der Waals surface area contributed by atoms with Crippen LogP contribution < -0.4 is 0 Å². The molecule has 1 aliphatic rings. The summed E-state index contributed by atoms with van der Waals surface area (Å²) in [5.74, 6) is 0.818. The maximum Gasteiger partial charge on any atom is 0.123 e. The molecule has 0 aliphatic heterocycles. The highest BCUT2D eigenvalue weighted by atomic mass is 16.1. The van der Waals surface area contributed by atoms with E-state index in [0.717, 1.165) is 18.6 Å². The van der Waals surface area contributed by atoms with Crippen molar-refractivity contribution in [2.45, 2.75) is 38.5 Å². The summed E-state index contributed by atoms with van der Waals surface area (Å²) < 4.78 is 0. The Morgan fingerprint density at radius 1 is 1.20 bits per heavy atom. The molecule has 0 atom stereocenters. The monoisotopic (exact) mass is 139 g/mol. The minimum absolute atomic E-state index is 0.818. The van der Waals surface area contributed by atoms with Crippen molar-refractivity contribution in [3.63, 3.8) is 0 Å². The van der Waals surface area contributed by atoms with E-state index in [4.69, 9.17) is 0 Å². The summed E-state index contributed by atoms with van der Waals surface area (Å²) in [4.78, 5) is 9.99. The quantitative estimate of drug-likeness (QED) is 0.548. The standard InChI is InChI=1S/C9H15O/c10-8-4-7-9-5-2-1-3-6-9/h4,8-9H,1-3,5-7H2. The Bertz CT molecular complexity index is 92.9. The number of hydrogen-bond donors (Lipinski definition) is 0. The molecule has 10 heavy (non-hydrogen) atoms. The van der Waals surface area contributed by atoms with Crippen LogP contribution in [0, 0.1) is 12.3 Å². The van der Waals surface area contributed by atoms with Gasteiger partial charge in [0, 0.05) is 6.42 Å². The molecule has 0 N–H and O–H groups in total. The first-order valence-corrected chi connectivity index (χ1v) is 4.20. The van der Waals surface area contributed by atoms with Crippen LogP contribution in [-0.2, 0) is 4.79 Å². The van der Waals surface area contributed by atoms with Crippen molar-refractivity contribution in [2.24, 2.45) is 5.92 Å². The minimum atomic E-state index is 0.818. The minimum Gasteiger partial charge on any atom is -0.303 e. The molecule has 0 aromatic rings. The molecule has 0 amide bonds. The van der Waals surface area contributed by atoms with Gasteiger partial charge >= 0.3 is 0 Å². The molecule has 1 heteroatoms. The van der Waals surface area contributed by atoms with Gasteiger partial charge < -0.3 is 4.79 Å². The molecular formula is C9H15O. The molecule has 0 heterocycles. The Kier molecular flexibility index (Phi) is 3.48. The third-order valence-corrected chi connectivity index (χ3v) is 2.29. The zero-order valence-electron chi connectivity index (χ0n) is 6.38. The van der Waals surface area contributed by atoms with Gasteiger partial charge in [-0.1, -0.05) is 32.1 Å². The van der Waals surface area contributed by atoms with E-state index in [1.165, 1.54) is 32.1 Å². The van der Waals surface area contributed by atoms with Gasteiger partial charge in [-0.25, -0.2) is 0 Å². The second-order valence-corrected chi connectivity index (χ2v) is 3.11. The van der Waals surface area contributed by atoms with E-state index in [0.29, 0.717) is 0 Å². The topological polar surface area (TPSA) is 17.1 Å². The predicted octanol–water partition coefficient (Wildman–Crippen LogP) is 2.36. The number of carbonyl (C=O) groups excluding carboxylic acids is 1. The van der Waals surface area contributed by atoms with Gasteiger partial charge in [0.25, 0.3) is 0 Å². The molecule has 1 radical (unpaired) electrons. The summed E-state index contributed by atoms with van der Waals surface area (Å²) >= 11 is 0. The number of aldehydes is 1. The van der Waals surface area contributed by atoms with Crippen LogP contribution in [0.15, 0.2) is 0 Å². The molecule has 0 bridgehead atoms. The highest BCUT2D eigenvalue weighted by Crippen LogP contribution is 2.26. The Labute approximate surface area is 62.8 Å². The largest absolute Gasteiger partial charge is 0.303 e. The number of hydrogen-bond acceptors (Lipinski definition) is 1. The second-order valence-electron chi connectivity index (χ2n) is 3.11. The van der Waals surface area contributed by atoms with Crippen molar-refractivity contribution >= 4 is 6.29 Å². The molecular weight excluding hydrogens is 124 g/mol. The maximum absolute atomic E-state index is 9.99. The van der Waals surface area contributed by atoms with E-state index >= 15 is 0 Å². The summed E-state index contributed by atoms with van der Waals surface area (Å²) in [5, 5.41) is 0. The van der Waals surface area contributed by atoms with Gasteiger partial charge in [0.05, 0.1) is 0 Å². The molecule has 1 nitrogen and oxygen atoms in total. The average Bonchev–Trinajstić information content (AvgIpc) is 2.03. The lowest BCUT2D eigenvalue weighted by Crippen LogP contribution is -2.06. The fraction of sp³-hybridized carbons (Fsp3) is 0.778. The first kappa shape index (κ1) is 7.77. The molecule has 0 saturated heterocycles. The molecule has 1 fully saturated rings. The predicted molar refractivity (Wildman–Crippen MR) is 41.6 cm³/mol. The van der Waals surface area contributed by atoms with Crippen LogP contribution >= 0.6 is 0 Å². The van der Waals surface area contributed by atoms with Crippen molar-refractivity contribution in [3.05, 3.63) is 6.42 Å². The number of carbonyl (C=O) groups is 1. The van der Waals surface area contributed by atoms with Crippen LogP contribution in [0.3, 0.4) is 0 Å². The summed E-state index contributed by atoms with van der Waals surface area (Å²) in [6.07, 6.45) is 10.5. The summed E-state index contributed by atoms with van der Waals surface area (Å²) in [6, 6.07) is 0. The Morgan fingerprint density at radius 2 is 1.90 bits per heavy atom. The van der Waals surface area contributed by atoms with Crippen molar-refractivity contribution in [1.29, 1.82) is 0 Å². The van der Waals surface area contributed by atoms with Crippen LogP contribution in [-0.4, -0.2) is 6.29 Å². The SMILES string of the molecule is O=C[CH]CC1CCCCC1. The smallest absolute Gasteiger partial charge is 0.123 e. The Hall–Kier alpha value is -0.330. The Balaban J connectivity index is 2.07. The van der Waals surface area contributed by atoms with Crippen molar-refractivity contribution in [3.8, 4) is 0 Å².